The van der Waals surface area contributed by atoms with Gasteiger partial charge in [0.25, 0.3) is 0 Å². The number of morpholine rings is 1. The van der Waals surface area contributed by atoms with Gasteiger partial charge in [-0.2, -0.15) is 0 Å². The second-order valence-electron chi connectivity index (χ2n) is 5.16. The molecule has 1 aromatic rings. The Morgan fingerprint density at radius 2 is 2.50 bits per heavy atom. The molecule has 20 heavy (non-hydrogen) atoms. The monoisotopic (exact) mass is 284 g/mol. The third kappa shape index (κ3) is 5.60. The Bertz CT molecular complexity index is 358. The van der Waals surface area contributed by atoms with Gasteiger partial charge in [0.2, 0.25) is 0 Å². The minimum atomic E-state index is -0.522. The summed E-state index contributed by atoms with van der Waals surface area (Å²) in [5, 5.41) is 13.0. The van der Waals surface area contributed by atoms with E-state index >= 15 is 0 Å². The third-order valence-corrected chi connectivity index (χ3v) is 3.23. The molecule has 1 saturated heterocycles. The highest BCUT2D eigenvalue weighted by Gasteiger charge is 2.17. The molecular formula is C14H24N2O4. The Labute approximate surface area is 119 Å². The lowest BCUT2D eigenvalue weighted by atomic mass is 10.2. The summed E-state index contributed by atoms with van der Waals surface area (Å²) in [6.07, 6.45) is 1.29. The molecule has 0 bridgehead atoms. The van der Waals surface area contributed by atoms with Gasteiger partial charge in [-0.1, -0.05) is 0 Å². The number of aliphatic hydroxyl groups is 1. The van der Waals surface area contributed by atoms with Crippen LogP contribution < -0.4 is 5.32 Å². The number of hydrogen-bond acceptors (Lipinski definition) is 6. The number of ether oxygens (including phenoxy) is 2. The average Bonchev–Trinajstić information content (AvgIpc) is 2.92. The zero-order valence-electron chi connectivity index (χ0n) is 12.0. The molecule has 2 unspecified atom stereocenters. The van der Waals surface area contributed by atoms with Crippen molar-refractivity contribution in [3.63, 3.8) is 0 Å². The minimum absolute atomic E-state index is 0.199. The maximum atomic E-state index is 9.79. The van der Waals surface area contributed by atoms with Crippen molar-refractivity contribution in [3.05, 3.63) is 24.2 Å². The molecule has 6 nitrogen and oxygen atoms in total. The van der Waals surface area contributed by atoms with E-state index in [0.717, 1.165) is 32.0 Å². The molecule has 0 aliphatic carbocycles. The molecule has 2 rings (SSSR count). The van der Waals surface area contributed by atoms with Gasteiger partial charge in [-0.3, -0.25) is 0 Å². The van der Waals surface area contributed by atoms with E-state index in [-0.39, 0.29) is 6.10 Å². The van der Waals surface area contributed by atoms with Crippen LogP contribution in [0.2, 0.25) is 0 Å². The van der Waals surface area contributed by atoms with E-state index in [1.54, 1.807) is 6.26 Å². The van der Waals surface area contributed by atoms with Crippen LogP contribution in [-0.4, -0.2) is 68.7 Å². The van der Waals surface area contributed by atoms with Gasteiger partial charge in [-0.15, -0.1) is 0 Å². The Kier molecular flexibility index (Phi) is 6.49. The Balaban J connectivity index is 1.50. The van der Waals surface area contributed by atoms with Gasteiger partial charge >= 0.3 is 0 Å². The van der Waals surface area contributed by atoms with Crippen LogP contribution >= 0.6 is 0 Å². The van der Waals surface area contributed by atoms with Crippen LogP contribution in [0.3, 0.4) is 0 Å². The molecule has 0 radical (unpaired) electrons. The molecule has 0 spiro atoms. The highest BCUT2D eigenvalue weighted by molar-refractivity contribution is 4.96. The SMILES string of the molecule is CN1CCOC(CNCC(O)COCc2ccco2)C1. The van der Waals surface area contributed by atoms with Crippen LogP contribution in [-0.2, 0) is 16.1 Å². The molecule has 2 heterocycles. The summed E-state index contributed by atoms with van der Waals surface area (Å²) in [6.45, 7) is 4.62. The fourth-order valence-electron chi connectivity index (χ4n) is 2.15. The lowest BCUT2D eigenvalue weighted by Gasteiger charge is -2.30. The number of hydrogen-bond donors (Lipinski definition) is 2. The first-order valence-electron chi connectivity index (χ1n) is 7.03. The van der Waals surface area contributed by atoms with Crippen molar-refractivity contribution in [3.8, 4) is 0 Å². The summed E-state index contributed by atoms with van der Waals surface area (Å²) in [6, 6.07) is 3.67. The first-order chi connectivity index (χ1) is 9.74. The van der Waals surface area contributed by atoms with Crippen molar-refractivity contribution in [2.75, 3.05) is 46.4 Å². The molecule has 0 saturated carbocycles. The fraction of sp³-hybridized carbons (Fsp3) is 0.714. The molecule has 6 heteroatoms. The normalized spacial score (nSPS) is 22.0. The standard InChI is InChI=1S/C14H24N2O4/c1-16-4-6-20-14(9-16)8-15-7-12(17)10-18-11-13-3-2-5-19-13/h2-3,5,12,14-15,17H,4,6-11H2,1H3. The van der Waals surface area contributed by atoms with Crippen LogP contribution in [0.1, 0.15) is 5.76 Å². The maximum absolute atomic E-state index is 9.79. The molecule has 2 N–H and O–H groups in total. The molecule has 114 valence electrons. The quantitative estimate of drug-likeness (QED) is 0.704. The van der Waals surface area contributed by atoms with E-state index < -0.39 is 6.10 Å². The molecular weight excluding hydrogens is 260 g/mol. The number of rotatable bonds is 8. The van der Waals surface area contributed by atoms with E-state index in [4.69, 9.17) is 13.9 Å². The molecule has 0 aromatic carbocycles. The van der Waals surface area contributed by atoms with E-state index in [2.05, 4.69) is 17.3 Å². The summed E-state index contributed by atoms with van der Waals surface area (Å²) < 4.78 is 16.1. The Morgan fingerprint density at radius 1 is 1.60 bits per heavy atom. The summed E-state index contributed by atoms with van der Waals surface area (Å²) in [4.78, 5) is 2.25. The first-order valence-corrected chi connectivity index (χ1v) is 7.03. The predicted molar refractivity (Wildman–Crippen MR) is 74.5 cm³/mol. The Morgan fingerprint density at radius 3 is 3.25 bits per heavy atom. The highest BCUT2D eigenvalue weighted by Crippen LogP contribution is 2.03. The minimum Gasteiger partial charge on any atom is -0.467 e. The number of aliphatic hydroxyl groups excluding tert-OH is 1. The lowest BCUT2D eigenvalue weighted by molar-refractivity contribution is -0.0214. The fourth-order valence-corrected chi connectivity index (χ4v) is 2.15. The maximum Gasteiger partial charge on any atom is 0.129 e. The molecule has 1 aliphatic heterocycles. The van der Waals surface area contributed by atoms with Crippen LogP contribution in [0.4, 0.5) is 0 Å². The summed E-state index contributed by atoms with van der Waals surface area (Å²) in [5.41, 5.74) is 0. The lowest BCUT2D eigenvalue weighted by Crippen LogP contribution is -2.46. The van der Waals surface area contributed by atoms with Crippen molar-refractivity contribution in [1.82, 2.24) is 10.2 Å². The van der Waals surface area contributed by atoms with Crippen molar-refractivity contribution in [2.24, 2.45) is 0 Å². The number of likely N-dealkylation sites (N-methyl/N-ethyl adjacent to an activating group) is 1. The molecule has 0 amide bonds. The van der Waals surface area contributed by atoms with E-state index in [1.807, 2.05) is 12.1 Å². The zero-order valence-corrected chi connectivity index (χ0v) is 12.0. The molecule has 1 aromatic heterocycles. The summed E-state index contributed by atoms with van der Waals surface area (Å²) >= 11 is 0. The topological polar surface area (TPSA) is 67.1 Å². The van der Waals surface area contributed by atoms with Gasteiger partial charge in [0, 0.05) is 26.2 Å². The van der Waals surface area contributed by atoms with Crippen molar-refractivity contribution in [2.45, 2.75) is 18.8 Å². The summed E-state index contributed by atoms with van der Waals surface area (Å²) in [5.74, 6) is 0.767. The first kappa shape index (κ1) is 15.5. The highest BCUT2D eigenvalue weighted by atomic mass is 16.5. The van der Waals surface area contributed by atoms with Crippen molar-refractivity contribution < 1.29 is 19.0 Å². The third-order valence-electron chi connectivity index (χ3n) is 3.23. The average molecular weight is 284 g/mol. The van der Waals surface area contributed by atoms with E-state index in [0.29, 0.717) is 19.8 Å². The van der Waals surface area contributed by atoms with Gasteiger partial charge in [0.05, 0.1) is 31.7 Å². The Hall–Kier alpha value is -0.920. The second kappa shape index (κ2) is 8.39. The smallest absolute Gasteiger partial charge is 0.129 e. The van der Waals surface area contributed by atoms with Crippen LogP contribution in [0.5, 0.6) is 0 Å². The predicted octanol–water partition coefficient (Wildman–Crippen LogP) is 0.0773. The van der Waals surface area contributed by atoms with Gasteiger partial charge in [0.15, 0.2) is 0 Å². The summed E-state index contributed by atoms with van der Waals surface area (Å²) in [7, 11) is 2.09. The van der Waals surface area contributed by atoms with Crippen LogP contribution in [0, 0.1) is 0 Å². The number of nitrogens with zero attached hydrogens (tertiary/aromatic N) is 1. The number of nitrogens with one attached hydrogen (secondary N) is 1. The van der Waals surface area contributed by atoms with Crippen LogP contribution in [0.15, 0.2) is 22.8 Å². The number of furan rings is 1. The second-order valence-corrected chi connectivity index (χ2v) is 5.16. The van der Waals surface area contributed by atoms with E-state index in [1.165, 1.54) is 0 Å². The van der Waals surface area contributed by atoms with Gasteiger partial charge in [-0.25, -0.2) is 0 Å². The zero-order chi connectivity index (χ0) is 14.2. The largest absolute Gasteiger partial charge is 0.467 e. The van der Waals surface area contributed by atoms with Crippen LogP contribution in [0.25, 0.3) is 0 Å². The van der Waals surface area contributed by atoms with Gasteiger partial charge in [-0.05, 0) is 19.2 Å². The van der Waals surface area contributed by atoms with E-state index in [9.17, 15) is 5.11 Å². The molecule has 1 fully saturated rings. The van der Waals surface area contributed by atoms with Crippen molar-refractivity contribution >= 4 is 0 Å². The van der Waals surface area contributed by atoms with Gasteiger partial charge in [0.1, 0.15) is 12.4 Å². The van der Waals surface area contributed by atoms with Crippen molar-refractivity contribution in [1.29, 1.82) is 0 Å². The molecule has 2 atom stereocenters. The molecule has 1 aliphatic rings. The van der Waals surface area contributed by atoms with Gasteiger partial charge < -0.3 is 29.2 Å².